The number of nitrogens with two attached hydrogens (primary N) is 1. The van der Waals surface area contributed by atoms with Crippen LogP contribution in [0.5, 0.6) is 0 Å². The molecule has 2 N–H and O–H groups in total. The fourth-order valence-electron chi connectivity index (χ4n) is 1.89. The first-order valence-corrected chi connectivity index (χ1v) is 6.59. The van der Waals surface area contributed by atoms with Crippen LogP contribution >= 0.6 is 11.3 Å². The van der Waals surface area contributed by atoms with Crippen molar-refractivity contribution in [3.8, 4) is 0 Å². The van der Waals surface area contributed by atoms with Crippen LogP contribution in [-0.2, 0) is 0 Å². The summed E-state index contributed by atoms with van der Waals surface area (Å²) in [6.45, 7) is 2.07. The molecule has 2 aromatic rings. The molecule has 0 radical (unpaired) electrons. The summed E-state index contributed by atoms with van der Waals surface area (Å²) in [6, 6.07) is 0.0286. The first-order chi connectivity index (χ1) is 7.79. The molecule has 0 aliphatic heterocycles. The van der Waals surface area contributed by atoms with Crippen molar-refractivity contribution in [2.24, 2.45) is 5.73 Å². The van der Waals surface area contributed by atoms with Crippen LogP contribution in [-0.4, -0.2) is 19.8 Å². The summed E-state index contributed by atoms with van der Waals surface area (Å²) in [7, 11) is 0. The van der Waals surface area contributed by atoms with Crippen LogP contribution in [0.25, 0.3) is 4.96 Å². The zero-order chi connectivity index (χ0) is 11.1. The van der Waals surface area contributed by atoms with Crippen molar-refractivity contribution < 1.29 is 0 Å². The van der Waals surface area contributed by atoms with Gasteiger partial charge < -0.3 is 5.73 Å². The Morgan fingerprint density at radius 3 is 2.94 bits per heavy atom. The van der Waals surface area contributed by atoms with Crippen LogP contribution in [0, 0.1) is 0 Å². The van der Waals surface area contributed by atoms with Crippen molar-refractivity contribution >= 4 is 16.3 Å². The van der Waals surface area contributed by atoms with Crippen molar-refractivity contribution in [3.63, 3.8) is 0 Å². The molecule has 1 saturated carbocycles. The summed E-state index contributed by atoms with van der Waals surface area (Å²) in [5, 5.41) is 13.9. The number of aromatic nitrogens is 4. The van der Waals surface area contributed by atoms with Crippen molar-refractivity contribution in [2.75, 3.05) is 0 Å². The van der Waals surface area contributed by atoms with Gasteiger partial charge in [0, 0.05) is 5.92 Å². The summed E-state index contributed by atoms with van der Waals surface area (Å²) < 4.78 is 1.89. The van der Waals surface area contributed by atoms with E-state index >= 15 is 0 Å². The molecular weight excluding hydrogens is 222 g/mol. The Kier molecular flexibility index (Phi) is 2.40. The minimum Gasteiger partial charge on any atom is -0.322 e. The summed E-state index contributed by atoms with van der Waals surface area (Å²) in [5.41, 5.74) is 5.98. The quantitative estimate of drug-likeness (QED) is 0.884. The fraction of sp³-hybridized carbons (Fsp3) is 0.700. The average Bonchev–Trinajstić information content (AvgIpc) is 2.76. The van der Waals surface area contributed by atoms with Crippen molar-refractivity contribution in [2.45, 2.75) is 44.6 Å². The molecule has 0 bridgehead atoms. The first-order valence-electron chi connectivity index (χ1n) is 5.77. The Morgan fingerprint density at radius 2 is 2.31 bits per heavy atom. The summed E-state index contributed by atoms with van der Waals surface area (Å²) in [5.74, 6) is 1.58. The van der Waals surface area contributed by atoms with Gasteiger partial charge in [-0.05, 0) is 19.3 Å². The molecule has 2 aromatic heterocycles. The molecule has 0 amide bonds. The van der Waals surface area contributed by atoms with E-state index in [4.69, 9.17) is 5.73 Å². The van der Waals surface area contributed by atoms with E-state index < -0.39 is 0 Å². The van der Waals surface area contributed by atoms with Gasteiger partial charge in [0.1, 0.15) is 5.01 Å². The van der Waals surface area contributed by atoms with Gasteiger partial charge in [0.15, 0.2) is 5.82 Å². The lowest BCUT2D eigenvalue weighted by molar-refractivity contribution is 0.394. The highest BCUT2D eigenvalue weighted by Crippen LogP contribution is 2.36. The SMILES string of the molecule is CCC(N)c1nn2c(C3CCC3)nnc2s1. The Balaban J connectivity index is 2.01. The maximum absolute atomic E-state index is 5.98. The second-order valence-corrected chi connectivity index (χ2v) is 5.32. The third-order valence-corrected chi connectivity index (χ3v) is 4.29. The van der Waals surface area contributed by atoms with E-state index in [0.29, 0.717) is 5.92 Å². The molecule has 3 rings (SSSR count). The molecule has 1 aliphatic carbocycles. The smallest absolute Gasteiger partial charge is 0.234 e. The van der Waals surface area contributed by atoms with Crippen LogP contribution in [0.15, 0.2) is 0 Å². The number of fused-ring (bicyclic) bond motifs is 1. The lowest BCUT2D eigenvalue weighted by Crippen LogP contribution is -2.14. The highest BCUT2D eigenvalue weighted by atomic mass is 32.1. The minimum absolute atomic E-state index is 0.0286. The van der Waals surface area contributed by atoms with E-state index in [-0.39, 0.29) is 6.04 Å². The van der Waals surface area contributed by atoms with Crippen LogP contribution in [0.4, 0.5) is 0 Å². The first kappa shape index (κ1) is 10.2. The highest BCUT2D eigenvalue weighted by molar-refractivity contribution is 7.16. The molecule has 1 unspecified atom stereocenters. The lowest BCUT2D eigenvalue weighted by atomic mass is 9.85. The molecule has 2 heterocycles. The molecule has 1 aliphatic rings. The Morgan fingerprint density at radius 1 is 1.50 bits per heavy atom. The summed E-state index contributed by atoms with van der Waals surface area (Å²) in [4.78, 5) is 0.876. The minimum atomic E-state index is 0.0286. The Hall–Kier alpha value is -1.01. The molecule has 86 valence electrons. The van der Waals surface area contributed by atoms with Crippen molar-refractivity contribution in [1.82, 2.24) is 19.8 Å². The molecule has 5 nitrogen and oxygen atoms in total. The highest BCUT2D eigenvalue weighted by Gasteiger charge is 2.26. The molecule has 16 heavy (non-hydrogen) atoms. The third-order valence-electron chi connectivity index (χ3n) is 3.26. The van der Waals surface area contributed by atoms with Gasteiger partial charge >= 0.3 is 0 Å². The molecule has 1 fully saturated rings. The lowest BCUT2D eigenvalue weighted by Gasteiger charge is -2.22. The molecule has 0 aromatic carbocycles. The van der Waals surface area contributed by atoms with Gasteiger partial charge in [-0.3, -0.25) is 0 Å². The standard InChI is InChI=1S/C10H15N5S/c1-2-7(11)9-14-15-8(6-4-3-5-6)12-13-10(15)16-9/h6-7H,2-5,11H2,1H3. The van der Waals surface area contributed by atoms with E-state index in [1.54, 1.807) is 11.3 Å². The van der Waals surface area contributed by atoms with Gasteiger partial charge in [0.05, 0.1) is 6.04 Å². The van der Waals surface area contributed by atoms with Gasteiger partial charge in [0.25, 0.3) is 0 Å². The predicted molar refractivity (Wildman–Crippen MR) is 62.5 cm³/mol. The van der Waals surface area contributed by atoms with Gasteiger partial charge in [-0.25, -0.2) is 0 Å². The molecule has 1 atom stereocenters. The van der Waals surface area contributed by atoms with Gasteiger partial charge in [-0.2, -0.15) is 9.61 Å². The van der Waals surface area contributed by atoms with Crippen LogP contribution in [0.3, 0.4) is 0 Å². The van der Waals surface area contributed by atoms with Crippen LogP contribution in [0.2, 0.25) is 0 Å². The maximum Gasteiger partial charge on any atom is 0.234 e. The molecular formula is C10H15N5S. The van der Waals surface area contributed by atoms with E-state index in [0.717, 1.165) is 22.2 Å². The van der Waals surface area contributed by atoms with E-state index in [1.165, 1.54) is 19.3 Å². The second kappa shape index (κ2) is 3.78. The zero-order valence-electron chi connectivity index (χ0n) is 9.26. The zero-order valence-corrected chi connectivity index (χ0v) is 10.1. The van der Waals surface area contributed by atoms with E-state index in [9.17, 15) is 0 Å². The van der Waals surface area contributed by atoms with Gasteiger partial charge in [-0.15, -0.1) is 10.2 Å². The largest absolute Gasteiger partial charge is 0.322 e. The van der Waals surface area contributed by atoms with Crippen molar-refractivity contribution in [1.29, 1.82) is 0 Å². The second-order valence-electron chi connectivity index (χ2n) is 4.34. The summed E-state index contributed by atoms with van der Waals surface area (Å²) >= 11 is 1.56. The van der Waals surface area contributed by atoms with Crippen molar-refractivity contribution in [3.05, 3.63) is 10.8 Å². The number of nitrogens with zero attached hydrogens (tertiary/aromatic N) is 4. The van der Waals surface area contributed by atoms with E-state index in [2.05, 4.69) is 22.2 Å². The Labute approximate surface area is 97.7 Å². The van der Waals surface area contributed by atoms with Crippen LogP contribution < -0.4 is 5.73 Å². The number of rotatable bonds is 3. The molecule has 0 spiro atoms. The molecule has 6 heteroatoms. The van der Waals surface area contributed by atoms with Gasteiger partial charge in [0.2, 0.25) is 4.96 Å². The normalized spacial score (nSPS) is 18.9. The third kappa shape index (κ3) is 1.44. The topological polar surface area (TPSA) is 69.1 Å². The average molecular weight is 237 g/mol. The molecule has 0 saturated heterocycles. The Bertz CT molecular complexity index is 498. The monoisotopic (exact) mass is 237 g/mol. The fourth-order valence-corrected chi connectivity index (χ4v) is 2.82. The van der Waals surface area contributed by atoms with Crippen LogP contribution in [0.1, 0.15) is 55.4 Å². The maximum atomic E-state index is 5.98. The summed E-state index contributed by atoms with van der Waals surface area (Å²) in [6.07, 6.45) is 4.63. The predicted octanol–water partition coefficient (Wildman–Crippen LogP) is 1.86. The number of hydrogen-bond donors (Lipinski definition) is 1. The van der Waals surface area contributed by atoms with Gasteiger partial charge in [-0.1, -0.05) is 24.7 Å². The number of hydrogen-bond acceptors (Lipinski definition) is 5. The van der Waals surface area contributed by atoms with E-state index in [1.807, 2.05) is 4.52 Å².